The lowest BCUT2D eigenvalue weighted by Crippen LogP contribution is -2.29. The molecule has 1 aromatic rings. The van der Waals surface area contributed by atoms with Crippen molar-refractivity contribution in [3.63, 3.8) is 0 Å². The second-order valence-corrected chi connectivity index (χ2v) is 3.60. The standard InChI is InChI=1S/C10H12FN3O4/c1-2-3-8(10(15)16)13-9-7(11)4-6(5-12-9)14(17)18/h4-5,8H,2-3H2,1H3,(H,12,13)(H,15,16). The molecule has 18 heavy (non-hydrogen) atoms. The van der Waals surface area contributed by atoms with Crippen molar-refractivity contribution in [2.45, 2.75) is 25.8 Å². The predicted octanol–water partition coefficient (Wildman–Crippen LogP) is 1.79. The van der Waals surface area contributed by atoms with Gasteiger partial charge in [-0.05, 0) is 6.42 Å². The summed E-state index contributed by atoms with van der Waals surface area (Å²) < 4.78 is 13.5. The molecule has 0 aliphatic rings. The summed E-state index contributed by atoms with van der Waals surface area (Å²) in [4.78, 5) is 24.0. The van der Waals surface area contributed by atoms with Gasteiger partial charge in [-0.2, -0.15) is 0 Å². The Labute approximate surface area is 102 Å². The first kappa shape index (κ1) is 13.8. The fourth-order valence-corrected chi connectivity index (χ4v) is 1.34. The number of aromatic nitrogens is 1. The van der Waals surface area contributed by atoms with Gasteiger partial charge in [0.1, 0.15) is 12.2 Å². The molecular weight excluding hydrogens is 245 g/mol. The van der Waals surface area contributed by atoms with Gasteiger partial charge in [0.15, 0.2) is 11.6 Å². The van der Waals surface area contributed by atoms with Gasteiger partial charge in [-0.1, -0.05) is 13.3 Å². The van der Waals surface area contributed by atoms with Crippen LogP contribution in [0.3, 0.4) is 0 Å². The highest BCUT2D eigenvalue weighted by molar-refractivity contribution is 5.76. The average Bonchev–Trinajstić information content (AvgIpc) is 2.30. The average molecular weight is 257 g/mol. The molecule has 98 valence electrons. The van der Waals surface area contributed by atoms with Gasteiger partial charge in [-0.15, -0.1) is 0 Å². The zero-order chi connectivity index (χ0) is 13.7. The quantitative estimate of drug-likeness (QED) is 0.594. The molecule has 1 heterocycles. The Morgan fingerprint density at radius 3 is 2.83 bits per heavy atom. The number of carboxylic acids is 1. The van der Waals surface area contributed by atoms with Gasteiger partial charge < -0.3 is 10.4 Å². The molecule has 1 unspecified atom stereocenters. The SMILES string of the molecule is CCCC(Nc1ncc([N+](=O)[O-])cc1F)C(=O)O. The van der Waals surface area contributed by atoms with Gasteiger partial charge >= 0.3 is 5.97 Å². The van der Waals surface area contributed by atoms with Crippen LogP contribution < -0.4 is 5.32 Å². The van der Waals surface area contributed by atoms with Crippen molar-refractivity contribution in [3.05, 3.63) is 28.2 Å². The first-order valence-corrected chi connectivity index (χ1v) is 5.25. The molecule has 1 atom stereocenters. The van der Waals surface area contributed by atoms with Crippen molar-refractivity contribution < 1.29 is 19.2 Å². The van der Waals surface area contributed by atoms with Crippen molar-refractivity contribution in [2.24, 2.45) is 0 Å². The summed E-state index contributed by atoms with van der Waals surface area (Å²) in [5, 5.41) is 21.7. The van der Waals surface area contributed by atoms with Gasteiger partial charge in [-0.3, -0.25) is 10.1 Å². The summed E-state index contributed by atoms with van der Waals surface area (Å²) in [6.07, 6.45) is 1.77. The lowest BCUT2D eigenvalue weighted by Gasteiger charge is -2.14. The van der Waals surface area contributed by atoms with Crippen LogP contribution in [-0.2, 0) is 4.79 Å². The number of halogens is 1. The van der Waals surface area contributed by atoms with Crippen LogP contribution >= 0.6 is 0 Å². The third kappa shape index (κ3) is 3.37. The second-order valence-electron chi connectivity index (χ2n) is 3.60. The van der Waals surface area contributed by atoms with E-state index in [0.717, 1.165) is 6.20 Å². The Balaban J connectivity index is 2.90. The van der Waals surface area contributed by atoms with E-state index in [1.807, 2.05) is 0 Å². The number of anilines is 1. The van der Waals surface area contributed by atoms with E-state index in [2.05, 4.69) is 10.3 Å². The van der Waals surface area contributed by atoms with Crippen LogP contribution in [-0.4, -0.2) is 27.0 Å². The molecule has 1 rings (SSSR count). The summed E-state index contributed by atoms with van der Waals surface area (Å²) in [7, 11) is 0. The largest absolute Gasteiger partial charge is 0.480 e. The fraction of sp³-hybridized carbons (Fsp3) is 0.400. The van der Waals surface area contributed by atoms with E-state index in [-0.39, 0.29) is 5.82 Å². The maximum atomic E-state index is 13.5. The minimum Gasteiger partial charge on any atom is -0.480 e. The fourth-order valence-electron chi connectivity index (χ4n) is 1.34. The van der Waals surface area contributed by atoms with Crippen molar-refractivity contribution in [1.29, 1.82) is 0 Å². The number of pyridine rings is 1. The molecule has 0 aliphatic heterocycles. The molecule has 0 aromatic carbocycles. The molecule has 0 radical (unpaired) electrons. The molecule has 0 bridgehead atoms. The van der Waals surface area contributed by atoms with E-state index < -0.39 is 28.4 Å². The maximum absolute atomic E-state index is 13.5. The lowest BCUT2D eigenvalue weighted by atomic mass is 10.1. The first-order chi connectivity index (χ1) is 8.45. The number of nitrogens with zero attached hydrogens (tertiary/aromatic N) is 2. The van der Waals surface area contributed by atoms with E-state index in [9.17, 15) is 19.3 Å². The van der Waals surface area contributed by atoms with E-state index in [1.54, 1.807) is 6.92 Å². The van der Waals surface area contributed by atoms with E-state index in [1.165, 1.54) is 0 Å². The molecule has 0 amide bonds. The number of aliphatic carboxylic acids is 1. The highest BCUT2D eigenvalue weighted by Crippen LogP contribution is 2.18. The summed E-state index contributed by atoms with van der Waals surface area (Å²) >= 11 is 0. The summed E-state index contributed by atoms with van der Waals surface area (Å²) in [6, 6.07) is -0.279. The normalized spacial score (nSPS) is 11.9. The zero-order valence-electron chi connectivity index (χ0n) is 9.59. The molecule has 1 aromatic heterocycles. The van der Waals surface area contributed by atoms with Crippen molar-refractivity contribution in [1.82, 2.24) is 4.98 Å². The number of rotatable bonds is 6. The Kier molecular flexibility index (Phi) is 4.52. The first-order valence-electron chi connectivity index (χ1n) is 5.25. The smallest absolute Gasteiger partial charge is 0.326 e. The molecule has 0 saturated carbocycles. The predicted molar refractivity (Wildman–Crippen MR) is 60.8 cm³/mol. The van der Waals surface area contributed by atoms with Crippen molar-refractivity contribution in [2.75, 3.05) is 5.32 Å². The number of nitro groups is 1. The molecule has 0 fully saturated rings. The molecule has 0 aliphatic carbocycles. The molecule has 0 saturated heterocycles. The highest BCUT2D eigenvalue weighted by atomic mass is 19.1. The summed E-state index contributed by atoms with van der Waals surface area (Å²) in [5.41, 5.74) is -0.486. The zero-order valence-corrected chi connectivity index (χ0v) is 9.59. The van der Waals surface area contributed by atoms with E-state index in [0.29, 0.717) is 18.9 Å². The third-order valence-corrected chi connectivity index (χ3v) is 2.22. The minimum atomic E-state index is -1.13. The highest BCUT2D eigenvalue weighted by Gasteiger charge is 2.19. The van der Waals surface area contributed by atoms with Crippen LogP contribution in [0.4, 0.5) is 15.9 Å². The lowest BCUT2D eigenvalue weighted by molar-refractivity contribution is -0.385. The third-order valence-electron chi connectivity index (χ3n) is 2.22. The number of hydrogen-bond donors (Lipinski definition) is 2. The minimum absolute atomic E-state index is 0.299. The van der Waals surface area contributed by atoms with E-state index >= 15 is 0 Å². The molecule has 0 spiro atoms. The Morgan fingerprint density at radius 1 is 1.72 bits per heavy atom. The summed E-state index contributed by atoms with van der Waals surface area (Å²) in [5.74, 6) is -2.38. The number of nitrogens with one attached hydrogen (secondary N) is 1. The molecule has 8 heteroatoms. The number of carboxylic acid groups (broad SMARTS) is 1. The topological polar surface area (TPSA) is 105 Å². The van der Waals surface area contributed by atoms with Gasteiger partial charge in [0, 0.05) is 0 Å². The van der Waals surface area contributed by atoms with Crippen LogP contribution in [0.25, 0.3) is 0 Å². The second kappa shape index (κ2) is 5.89. The number of carbonyl (C=O) groups is 1. The van der Waals surface area contributed by atoms with Gasteiger partial charge in [-0.25, -0.2) is 14.2 Å². The summed E-state index contributed by atoms with van der Waals surface area (Å²) in [6.45, 7) is 1.79. The Hall–Kier alpha value is -2.25. The monoisotopic (exact) mass is 257 g/mol. The van der Waals surface area contributed by atoms with Crippen molar-refractivity contribution in [3.8, 4) is 0 Å². The Morgan fingerprint density at radius 2 is 2.39 bits per heavy atom. The van der Waals surface area contributed by atoms with E-state index in [4.69, 9.17) is 5.11 Å². The molecule has 7 nitrogen and oxygen atoms in total. The van der Waals surface area contributed by atoms with Gasteiger partial charge in [0.2, 0.25) is 0 Å². The van der Waals surface area contributed by atoms with Crippen LogP contribution in [0.5, 0.6) is 0 Å². The van der Waals surface area contributed by atoms with Crippen LogP contribution in [0, 0.1) is 15.9 Å². The van der Waals surface area contributed by atoms with Crippen LogP contribution in [0.2, 0.25) is 0 Å². The van der Waals surface area contributed by atoms with Gasteiger partial charge in [0.25, 0.3) is 5.69 Å². The molecule has 2 N–H and O–H groups in total. The van der Waals surface area contributed by atoms with Gasteiger partial charge in [0.05, 0.1) is 11.0 Å². The Bertz CT molecular complexity index is 466. The maximum Gasteiger partial charge on any atom is 0.326 e. The molecular formula is C10H12FN3O4. The number of hydrogen-bond acceptors (Lipinski definition) is 5. The van der Waals surface area contributed by atoms with Crippen LogP contribution in [0.1, 0.15) is 19.8 Å². The van der Waals surface area contributed by atoms with Crippen molar-refractivity contribution >= 4 is 17.5 Å². The van der Waals surface area contributed by atoms with Crippen LogP contribution in [0.15, 0.2) is 12.3 Å².